The van der Waals surface area contributed by atoms with Gasteiger partial charge in [0.2, 0.25) is 15.9 Å². The fourth-order valence-corrected chi connectivity index (χ4v) is 7.43. The van der Waals surface area contributed by atoms with E-state index in [0.29, 0.717) is 24.8 Å². The summed E-state index contributed by atoms with van der Waals surface area (Å²) in [6, 6.07) is 5.58. The van der Waals surface area contributed by atoms with Crippen LogP contribution in [0.2, 0.25) is 0 Å². The Morgan fingerprint density at radius 1 is 1.10 bits per heavy atom. The predicted molar refractivity (Wildman–Crippen MR) is 116 cm³/mol. The molecule has 0 N–H and O–H groups in total. The van der Waals surface area contributed by atoms with Gasteiger partial charge in [-0.15, -0.1) is 0 Å². The van der Waals surface area contributed by atoms with Crippen LogP contribution < -0.4 is 0 Å². The molecule has 1 aromatic rings. The average Bonchev–Trinajstić information content (AvgIpc) is 3.07. The van der Waals surface area contributed by atoms with Crippen molar-refractivity contribution in [1.29, 1.82) is 0 Å². The number of amides is 1. The van der Waals surface area contributed by atoms with Crippen LogP contribution in [0.25, 0.3) is 0 Å². The van der Waals surface area contributed by atoms with Crippen molar-refractivity contribution in [3.8, 4) is 0 Å². The average molecular weight is 472 g/mol. The van der Waals surface area contributed by atoms with Gasteiger partial charge in [0, 0.05) is 38.7 Å². The molecule has 0 spiro atoms. The van der Waals surface area contributed by atoms with Crippen molar-refractivity contribution in [3.63, 3.8) is 0 Å². The first kappa shape index (κ1) is 23.8. The lowest BCUT2D eigenvalue weighted by atomic mass is 9.96. The number of carbonyl (C=O) groups excluding carboxylic acids is 2. The second-order valence-corrected chi connectivity index (χ2v) is 12.5. The Balaban J connectivity index is 1.70. The molecule has 0 bridgehead atoms. The molecule has 0 aromatic heterocycles. The van der Waals surface area contributed by atoms with Gasteiger partial charge in [-0.3, -0.25) is 14.6 Å². The van der Waals surface area contributed by atoms with E-state index in [1.54, 1.807) is 31.2 Å². The lowest BCUT2D eigenvalue weighted by Gasteiger charge is -2.38. The fraction of sp³-hybridized carbons (Fsp3) is 0.600. The van der Waals surface area contributed by atoms with E-state index in [4.69, 9.17) is 0 Å². The second-order valence-electron chi connectivity index (χ2n) is 8.35. The highest BCUT2D eigenvalue weighted by Gasteiger charge is 2.40. The van der Waals surface area contributed by atoms with Crippen LogP contribution in [0.5, 0.6) is 0 Å². The van der Waals surface area contributed by atoms with Crippen LogP contribution in [0.3, 0.4) is 0 Å². The number of sulfonamides is 1. The SMILES string of the molecule is CC(=O)c1cccc(S(=O)(=O)N2CCC(C(=O)N([C@@H]3CCS(=O)(=O)C3)N(C)C)CC2)c1. The Hall–Kier alpha value is -1.82. The highest BCUT2D eigenvalue weighted by molar-refractivity contribution is 7.91. The van der Waals surface area contributed by atoms with Gasteiger partial charge in [0.15, 0.2) is 15.6 Å². The van der Waals surface area contributed by atoms with E-state index < -0.39 is 19.9 Å². The van der Waals surface area contributed by atoms with Crippen LogP contribution >= 0.6 is 0 Å². The van der Waals surface area contributed by atoms with Gasteiger partial charge < -0.3 is 0 Å². The van der Waals surface area contributed by atoms with Crippen molar-refractivity contribution in [2.45, 2.75) is 37.1 Å². The van der Waals surface area contributed by atoms with Crippen molar-refractivity contribution in [2.75, 3.05) is 38.7 Å². The summed E-state index contributed by atoms with van der Waals surface area (Å²) in [5, 5.41) is 3.15. The quantitative estimate of drug-likeness (QED) is 0.445. The minimum atomic E-state index is -3.77. The Bertz CT molecular complexity index is 1060. The molecule has 11 heteroatoms. The third-order valence-electron chi connectivity index (χ3n) is 5.89. The number of sulfone groups is 1. The normalized spacial score (nSPS) is 22.5. The minimum Gasteiger partial charge on any atom is -0.295 e. The van der Waals surface area contributed by atoms with E-state index in [1.807, 2.05) is 0 Å². The maximum Gasteiger partial charge on any atom is 0.243 e. The molecular formula is C20H29N3O6S2. The van der Waals surface area contributed by atoms with E-state index in [1.165, 1.54) is 28.4 Å². The van der Waals surface area contributed by atoms with Crippen molar-refractivity contribution in [3.05, 3.63) is 29.8 Å². The van der Waals surface area contributed by atoms with E-state index in [-0.39, 0.29) is 53.1 Å². The molecule has 172 valence electrons. The maximum atomic E-state index is 13.2. The molecule has 0 unspecified atom stereocenters. The monoisotopic (exact) mass is 471 g/mol. The summed E-state index contributed by atoms with van der Waals surface area (Å²) < 4.78 is 51.1. The number of piperidine rings is 1. The first-order valence-corrected chi connectivity index (χ1v) is 13.5. The van der Waals surface area contributed by atoms with Crippen LogP contribution in [0.1, 0.15) is 36.5 Å². The lowest BCUT2D eigenvalue weighted by Crippen LogP contribution is -2.53. The molecule has 2 aliphatic rings. The van der Waals surface area contributed by atoms with Gasteiger partial charge in [-0.1, -0.05) is 12.1 Å². The Morgan fingerprint density at radius 2 is 1.74 bits per heavy atom. The molecule has 0 radical (unpaired) electrons. The molecule has 2 fully saturated rings. The van der Waals surface area contributed by atoms with Gasteiger partial charge in [0.25, 0.3) is 0 Å². The van der Waals surface area contributed by atoms with Crippen molar-refractivity contribution >= 4 is 31.6 Å². The van der Waals surface area contributed by atoms with Crippen LogP contribution in [0, 0.1) is 5.92 Å². The van der Waals surface area contributed by atoms with Crippen LogP contribution in [-0.2, 0) is 24.7 Å². The highest BCUT2D eigenvalue weighted by atomic mass is 32.2. The first-order chi connectivity index (χ1) is 14.4. The van der Waals surface area contributed by atoms with Gasteiger partial charge in [-0.25, -0.2) is 21.8 Å². The van der Waals surface area contributed by atoms with E-state index >= 15 is 0 Å². The molecule has 31 heavy (non-hydrogen) atoms. The lowest BCUT2D eigenvalue weighted by molar-refractivity contribution is -0.155. The molecular weight excluding hydrogens is 442 g/mol. The predicted octanol–water partition coefficient (Wildman–Crippen LogP) is 0.782. The second kappa shape index (κ2) is 8.97. The number of hydrazine groups is 1. The number of Topliss-reactive ketones (excluding diaryl/α,β-unsaturated/α-hetero) is 1. The number of hydrogen-bond acceptors (Lipinski definition) is 7. The molecule has 3 rings (SSSR count). The molecule has 1 atom stereocenters. The summed E-state index contributed by atoms with van der Waals surface area (Å²) >= 11 is 0. The van der Waals surface area contributed by atoms with Crippen molar-refractivity contribution in [2.24, 2.45) is 5.92 Å². The third kappa shape index (κ3) is 5.16. The minimum absolute atomic E-state index is 0.0450. The van der Waals surface area contributed by atoms with Gasteiger partial charge in [-0.05, 0) is 38.3 Å². The number of nitrogens with zero attached hydrogens (tertiary/aromatic N) is 3. The molecule has 9 nitrogen and oxygen atoms in total. The van der Waals surface area contributed by atoms with Crippen LogP contribution in [0.15, 0.2) is 29.2 Å². The fourth-order valence-electron chi connectivity index (χ4n) is 4.23. The van der Waals surface area contributed by atoms with E-state index in [9.17, 15) is 26.4 Å². The summed E-state index contributed by atoms with van der Waals surface area (Å²) in [6.45, 7) is 1.76. The Morgan fingerprint density at radius 3 is 2.26 bits per heavy atom. The summed E-state index contributed by atoms with van der Waals surface area (Å²) in [7, 11) is -3.48. The zero-order valence-electron chi connectivity index (χ0n) is 18.0. The first-order valence-electron chi connectivity index (χ1n) is 10.2. The van der Waals surface area contributed by atoms with E-state index in [0.717, 1.165) is 0 Å². The summed E-state index contributed by atoms with van der Waals surface area (Å²) in [5.74, 6) is -0.718. The molecule has 1 amide bonds. The summed E-state index contributed by atoms with van der Waals surface area (Å²) in [5.41, 5.74) is 0.333. The largest absolute Gasteiger partial charge is 0.295 e. The molecule has 0 saturated carbocycles. The van der Waals surface area contributed by atoms with Crippen LogP contribution in [-0.4, -0.2) is 87.6 Å². The zero-order chi connectivity index (χ0) is 23.0. The van der Waals surface area contributed by atoms with Crippen molar-refractivity contribution < 1.29 is 26.4 Å². The summed E-state index contributed by atoms with van der Waals surface area (Å²) in [4.78, 5) is 24.8. The number of rotatable bonds is 6. The molecule has 1 aromatic carbocycles. The van der Waals surface area contributed by atoms with E-state index in [2.05, 4.69) is 0 Å². The number of hydrogen-bond donors (Lipinski definition) is 0. The number of benzene rings is 1. The highest BCUT2D eigenvalue weighted by Crippen LogP contribution is 2.28. The number of carbonyl (C=O) groups is 2. The van der Waals surface area contributed by atoms with Gasteiger partial charge in [0.05, 0.1) is 22.4 Å². The molecule has 2 saturated heterocycles. The third-order valence-corrected chi connectivity index (χ3v) is 9.54. The van der Waals surface area contributed by atoms with Gasteiger partial charge >= 0.3 is 0 Å². The standard InChI is InChI=1S/C20H29N3O6S2/c1-15(24)17-5-4-6-19(13-17)31(28,29)22-10-7-16(8-11-22)20(25)23(21(2)3)18-9-12-30(26,27)14-18/h4-6,13,16,18H,7-12,14H2,1-3H3/t18-/m1/s1. The number of ketones is 1. The molecule has 2 heterocycles. The molecule has 0 aliphatic carbocycles. The maximum absolute atomic E-state index is 13.2. The molecule has 2 aliphatic heterocycles. The van der Waals surface area contributed by atoms with Crippen molar-refractivity contribution in [1.82, 2.24) is 14.3 Å². The smallest absolute Gasteiger partial charge is 0.243 e. The van der Waals surface area contributed by atoms with Gasteiger partial charge in [0.1, 0.15) is 0 Å². The van der Waals surface area contributed by atoms with Gasteiger partial charge in [-0.2, -0.15) is 4.31 Å². The Kier molecular flexibility index (Phi) is 6.90. The topological polar surface area (TPSA) is 112 Å². The van der Waals surface area contributed by atoms with Crippen LogP contribution in [0.4, 0.5) is 0 Å². The summed E-state index contributed by atoms with van der Waals surface area (Å²) in [6.07, 6.45) is 1.12. The zero-order valence-corrected chi connectivity index (χ0v) is 19.7. The Labute approximate surface area is 183 Å².